The molecule has 2 fully saturated rings. The fraction of sp³-hybridized carbons (Fsp3) is 0.857. The summed E-state index contributed by atoms with van der Waals surface area (Å²) in [6.07, 6.45) is 10.5. The average molecular weight is 236 g/mol. The maximum absolute atomic E-state index is 11.9. The van der Waals surface area contributed by atoms with Gasteiger partial charge in [-0.1, -0.05) is 26.2 Å². The van der Waals surface area contributed by atoms with Crippen LogP contribution in [0, 0.1) is 11.8 Å². The Hall–Kier alpha value is -0.860. The maximum atomic E-state index is 11.9. The van der Waals surface area contributed by atoms with E-state index in [0.29, 0.717) is 5.92 Å². The van der Waals surface area contributed by atoms with Crippen LogP contribution in [-0.4, -0.2) is 11.6 Å². The molecule has 3 heteroatoms. The predicted octanol–water partition coefficient (Wildman–Crippen LogP) is 3.25. The minimum absolute atomic E-state index is 0.152. The van der Waals surface area contributed by atoms with E-state index in [-0.39, 0.29) is 11.8 Å². The van der Waals surface area contributed by atoms with Crippen molar-refractivity contribution in [3.63, 3.8) is 0 Å². The number of nitrogens with one attached hydrogen (secondary N) is 1. The molecule has 96 valence electrons. The first kappa shape index (κ1) is 12.6. The molecule has 1 unspecified atom stereocenters. The number of hydrogen-bond donors (Lipinski definition) is 1. The zero-order valence-electron chi connectivity index (χ0n) is 10.9. The molecule has 1 N–H and O–H groups in total. The van der Waals surface area contributed by atoms with E-state index in [2.05, 4.69) is 17.5 Å². The number of nitrogens with zero attached hydrogens (tertiary/aromatic N) is 1. The molecule has 2 saturated carbocycles. The van der Waals surface area contributed by atoms with Gasteiger partial charge >= 0.3 is 0 Å². The first-order chi connectivity index (χ1) is 8.31. The van der Waals surface area contributed by atoms with Crippen molar-refractivity contribution < 1.29 is 4.79 Å². The van der Waals surface area contributed by atoms with Crippen LogP contribution in [-0.2, 0) is 4.79 Å². The molecule has 1 amide bonds. The lowest BCUT2D eigenvalue weighted by atomic mass is 9.89. The Labute approximate surface area is 104 Å². The van der Waals surface area contributed by atoms with Crippen LogP contribution in [0.4, 0.5) is 0 Å². The van der Waals surface area contributed by atoms with Crippen molar-refractivity contribution in [2.24, 2.45) is 16.9 Å². The van der Waals surface area contributed by atoms with Gasteiger partial charge < -0.3 is 0 Å². The average Bonchev–Trinajstić information content (AvgIpc) is 2.84. The Kier molecular flexibility index (Phi) is 4.57. The minimum atomic E-state index is 0.152. The van der Waals surface area contributed by atoms with Gasteiger partial charge in [0.25, 0.3) is 0 Å². The molecule has 0 aromatic rings. The molecule has 0 saturated heterocycles. The van der Waals surface area contributed by atoms with Gasteiger partial charge in [0.05, 0.1) is 0 Å². The summed E-state index contributed by atoms with van der Waals surface area (Å²) in [6, 6.07) is 0. The van der Waals surface area contributed by atoms with Crippen LogP contribution in [0.3, 0.4) is 0 Å². The third kappa shape index (κ3) is 3.30. The maximum Gasteiger partial charge on any atom is 0.243 e. The van der Waals surface area contributed by atoms with Gasteiger partial charge in [0.15, 0.2) is 0 Å². The minimum Gasteiger partial charge on any atom is -0.273 e. The second kappa shape index (κ2) is 6.18. The highest BCUT2D eigenvalue weighted by atomic mass is 16.2. The molecule has 17 heavy (non-hydrogen) atoms. The smallest absolute Gasteiger partial charge is 0.243 e. The van der Waals surface area contributed by atoms with Crippen molar-refractivity contribution in [3.05, 3.63) is 0 Å². The van der Waals surface area contributed by atoms with Crippen molar-refractivity contribution in [2.45, 2.75) is 64.7 Å². The monoisotopic (exact) mass is 236 g/mol. The van der Waals surface area contributed by atoms with Gasteiger partial charge in [-0.2, -0.15) is 5.10 Å². The van der Waals surface area contributed by atoms with Gasteiger partial charge in [-0.3, -0.25) is 4.79 Å². The molecule has 0 aromatic heterocycles. The number of hydrazone groups is 1. The van der Waals surface area contributed by atoms with Crippen molar-refractivity contribution in [1.29, 1.82) is 0 Å². The lowest BCUT2D eigenvalue weighted by Gasteiger charge is -2.19. The second-order valence-corrected chi connectivity index (χ2v) is 5.41. The van der Waals surface area contributed by atoms with Crippen LogP contribution >= 0.6 is 0 Å². The molecule has 2 aliphatic rings. The van der Waals surface area contributed by atoms with E-state index in [1.807, 2.05) is 0 Å². The Bertz CT molecular complexity index is 293. The van der Waals surface area contributed by atoms with E-state index in [1.165, 1.54) is 37.8 Å². The van der Waals surface area contributed by atoms with Crippen LogP contribution in [0.1, 0.15) is 64.7 Å². The Morgan fingerprint density at radius 1 is 1.24 bits per heavy atom. The Morgan fingerprint density at radius 2 is 2.00 bits per heavy atom. The highest BCUT2D eigenvalue weighted by Crippen LogP contribution is 2.26. The Morgan fingerprint density at radius 3 is 2.71 bits per heavy atom. The summed E-state index contributed by atoms with van der Waals surface area (Å²) in [5.41, 5.74) is 4.03. The third-order valence-electron chi connectivity index (χ3n) is 4.24. The van der Waals surface area contributed by atoms with E-state index >= 15 is 0 Å². The van der Waals surface area contributed by atoms with Crippen molar-refractivity contribution in [1.82, 2.24) is 5.43 Å². The normalized spacial score (nSPS) is 28.5. The lowest BCUT2D eigenvalue weighted by molar-refractivity contribution is -0.125. The van der Waals surface area contributed by atoms with Crippen molar-refractivity contribution >= 4 is 11.6 Å². The number of hydrogen-bond acceptors (Lipinski definition) is 2. The molecular formula is C14H24N2O. The SMILES string of the molecule is CCC1CCC/C1=N/NC(=O)C1CCCCC1. The summed E-state index contributed by atoms with van der Waals surface area (Å²) in [5.74, 6) is 0.982. The van der Waals surface area contributed by atoms with Gasteiger partial charge in [0.1, 0.15) is 0 Å². The summed E-state index contributed by atoms with van der Waals surface area (Å²) in [7, 11) is 0. The first-order valence-corrected chi connectivity index (χ1v) is 7.17. The van der Waals surface area contributed by atoms with E-state index in [9.17, 15) is 4.79 Å². The van der Waals surface area contributed by atoms with E-state index < -0.39 is 0 Å². The van der Waals surface area contributed by atoms with E-state index in [0.717, 1.165) is 25.7 Å². The Balaban J connectivity index is 1.83. The van der Waals surface area contributed by atoms with Crippen molar-refractivity contribution in [3.8, 4) is 0 Å². The molecule has 0 heterocycles. The summed E-state index contributed by atoms with van der Waals surface area (Å²) in [6.45, 7) is 2.20. The standard InChI is InChI=1S/C14H24N2O/c1-2-11-9-6-10-13(11)15-16-14(17)12-7-4-3-5-8-12/h11-12H,2-10H2,1H3,(H,16,17)/b15-13-. The van der Waals surface area contributed by atoms with Crippen molar-refractivity contribution in [2.75, 3.05) is 0 Å². The molecule has 2 aliphatic carbocycles. The highest BCUT2D eigenvalue weighted by Gasteiger charge is 2.23. The van der Waals surface area contributed by atoms with Crippen LogP contribution < -0.4 is 5.43 Å². The van der Waals surface area contributed by atoms with Gasteiger partial charge in [-0.25, -0.2) is 5.43 Å². The van der Waals surface area contributed by atoms with Crippen LogP contribution in [0.25, 0.3) is 0 Å². The largest absolute Gasteiger partial charge is 0.273 e. The fourth-order valence-electron chi connectivity index (χ4n) is 3.07. The van der Waals surface area contributed by atoms with Gasteiger partial charge in [0.2, 0.25) is 5.91 Å². The molecule has 3 nitrogen and oxygen atoms in total. The number of carbonyl (C=O) groups is 1. The lowest BCUT2D eigenvalue weighted by Crippen LogP contribution is -2.29. The molecule has 1 atom stereocenters. The number of carbonyl (C=O) groups excluding carboxylic acids is 1. The molecule has 0 aliphatic heterocycles. The van der Waals surface area contributed by atoms with Crippen LogP contribution in [0.5, 0.6) is 0 Å². The fourth-order valence-corrected chi connectivity index (χ4v) is 3.07. The summed E-state index contributed by atoms with van der Waals surface area (Å²) >= 11 is 0. The first-order valence-electron chi connectivity index (χ1n) is 7.17. The number of rotatable bonds is 3. The molecule has 0 aromatic carbocycles. The van der Waals surface area contributed by atoms with Gasteiger partial charge in [-0.05, 0) is 44.4 Å². The molecule has 0 bridgehead atoms. The molecule has 0 spiro atoms. The summed E-state index contributed by atoms with van der Waals surface area (Å²) in [5, 5.41) is 4.37. The van der Waals surface area contributed by atoms with Gasteiger partial charge in [0, 0.05) is 11.6 Å². The van der Waals surface area contributed by atoms with Crippen LogP contribution in [0.2, 0.25) is 0 Å². The number of amides is 1. The third-order valence-corrected chi connectivity index (χ3v) is 4.24. The topological polar surface area (TPSA) is 41.5 Å². The quantitative estimate of drug-likeness (QED) is 0.751. The molecule has 2 rings (SSSR count). The van der Waals surface area contributed by atoms with Gasteiger partial charge in [-0.15, -0.1) is 0 Å². The molecule has 0 radical (unpaired) electrons. The van der Waals surface area contributed by atoms with Crippen LogP contribution in [0.15, 0.2) is 5.10 Å². The molecular weight excluding hydrogens is 212 g/mol. The zero-order valence-corrected chi connectivity index (χ0v) is 10.9. The van der Waals surface area contributed by atoms with E-state index in [4.69, 9.17) is 0 Å². The van der Waals surface area contributed by atoms with E-state index in [1.54, 1.807) is 0 Å². The second-order valence-electron chi connectivity index (χ2n) is 5.41. The summed E-state index contributed by atoms with van der Waals surface area (Å²) in [4.78, 5) is 11.9. The zero-order chi connectivity index (χ0) is 12.1. The summed E-state index contributed by atoms with van der Waals surface area (Å²) < 4.78 is 0. The predicted molar refractivity (Wildman–Crippen MR) is 69.8 cm³/mol. The highest BCUT2D eigenvalue weighted by molar-refractivity contribution is 5.90.